The maximum absolute atomic E-state index is 10.8. The van der Waals surface area contributed by atoms with Crippen LogP contribution in [0.15, 0.2) is 12.2 Å². The van der Waals surface area contributed by atoms with Crippen molar-refractivity contribution in [2.45, 2.75) is 27.2 Å². The summed E-state index contributed by atoms with van der Waals surface area (Å²) >= 11 is 0. The van der Waals surface area contributed by atoms with E-state index >= 15 is 0 Å². The minimum Gasteiger partial charge on any atom is -0.481 e. The van der Waals surface area contributed by atoms with E-state index in [2.05, 4.69) is 6.58 Å². The summed E-state index contributed by atoms with van der Waals surface area (Å²) in [4.78, 5) is 21.4. The second-order valence-corrected chi connectivity index (χ2v) is 3.53. The molecule has 0 fully saturated rings. The Morgan fingerprint density at radius 1 is 1.42 bits per heavy atom. The van der Waals surface area contributed by atoms with Crippen LogP contribution < -0.4 is 0 Å². The molecule has 0 aromatic rings. The summed E-state index contributed by atoms with van der Waals surface area (Å²) in [5.74, 6) is -1.06. The number of carboxylic acids is 1. The summed E-state index contributed by atoms with van der Waals surface area (Å²) in [6, 6.07) is 0. The fourth-order valence-electron chi connectivity index (χ4n) is 0.734. The quantitative estimate of drug-likeness (QED) is 0.652. The summed E-state index contributed by atoms with van der Waals surface area (Å²) in [6.07, 6.45) is 0.206. The molecule has 0 saturated heterocycles. The summed E-state index contributed by atoms with van der Waals surface area (Å²) in [5, 5.41) is 8.72. The average Bonchev–Trinajstić information content (AvgIpc) is 1.85. The number of allylic oxidation sites excluding steroid dienone is 1. The third-order valence-electron chi connectivity index (χ3n) is 1.73. The molecule has 0 spiro atoms. The molecule has 3 heteroatoms. The molecule has 0 aliphatic rings. The standard InChI is InChI=1S/C9H14O3/c1-6(7(2)10)5-9(3,4)8(11)12/h1,5H2,2-4H3,(H,11,12). The van der Waals surface area contributed by atoms with E-state index in [9.17, 15) is 9.59 Å². The molecular weight excluding hydrogens is 156 g/mol. The Balaban J connectivity index is 4.35. The summed E-state index contributed by atoms with van der Waals surface area (Å²) < 4.78 is 0. The molecule has 0 bridgehead atoms. The predicted molar refractivity (Wildman–Crippen MR) is 45.9 cm³/mol. The van der Waals surface area contributed by atoms with E-state index in [0.717, 1.165) is 0 Å². The number of aliphatic carboxylic acids is 1. The van der Waals surface area contributed by atoms with Gasteiger partial charge in [-0.3, -0.25) is 9.59 Å². The first-order valence-electron chi connectivity index (χ1n) is 3.69. The molecule has 0 aromatic heterocycles. The number of carbonyl (C=O) groups is 2. The molecular formula is C9H14O3. The van der Waals surface area contributed by atoms with Crippen LogP contribution in [0.3, 0.4) is 0 Å². The third kappa shape index (κ3) is 2.86. The Morgan fingerprint density at radius 2 is 1.83 bits per heavy atom. The first-order chi connectivity index (χ1) is 5.27. The lowest BCUT2D eigenvalue weighted by Gasteiger charge is -2.18. The largest absolute Gasteiger partial charge is 0.481 e. The smallest absolute Gasteiger partial charge is 0.309 e. The fourth-order valence-corrected chi connectivity index (χ4v) is 0.734. The molecule has 0 aromatic carbocycles. The van der Waals surface area contributed by atoms with Gasteiger partial charge in [-0.15, -0.1) is 0 Å². The van der Waals surface area contributed by atoms with Gasteiger partial charge in [-0.05, 0) is 32.8 Å². The van der Waals surface area contributed by atoms with Crippen molar-refractivity contribution in [1.29, 1.82) is 0 Å². The lowest BCUT2D eigenvalue weighted by Crippen LogP contribution is -2.25. The van der Waals surface area contributed by atoms with Gasteiger partial charge in [-0.25, -0.2) is 0 Å². The minimum absolute atomic E-state index is 0.149. The molecule has 1 N–H and O–H groups in total. The van der Waals surface area contributed by atoms with E-state index in [1.54, 1.807) is 13.8 Å². The first-order valence-corrected chi connectivity index (χ1v) is 3.69. The van der Waals surface area contributed by atoms with Crippen LogP contribution in [0.25, 0.3) is 0 Å². The van der Waals surface area contributed by atoms with Gasteiger partial charge in [0, 0.05) is 0 Å². The predicted octanol–water partition coefficient (Wildman–Crippen LogP) is 1.63. The highest BCUT2D eigenvalue weighted by molar-refractivity contribution is 5.93. The highest BCUT2D eigenvalue weighted by Gasteiger charge is 2.28. The Morgan fingerprint density at radius 3 is 2.08 bits per heavy atom. The van der Waals surface area contributed by atoms with Gasteiger partial charge in [0.15, 0.2) is 5.78 Å². The number of ketones is 1. The van der Waals surface area contributed by atoms with E-state index in [4.69, 9.17) is 5.11 Å². The second kappa shape index (κ2) is 3.52. The Kier molecular flexibility index (Phi) is 3.19. The molecule has 0 aliphatic heterocycles. The van der Waals surface area contributed by atoms with Crippen LogP contribution in [-0.4, -0.2) is 16.9 Å². The number of carbonyl (C=O) groups excluding carboxylic acids is 1. The van der Waals surface area contributed by atoms with Gasteiger partial charge in [0.25, 0.3) is 0 Å². The molecule has 12 heavy (non-hydrogen) atoms. The van der Waals surface area contributed by atoms with Crippen LogP contribution in [-0.2, 0) is 9.59 Å². The number of hydrogen-bond donors (Lipinski definition) is 1. The summed E-state index contributed by atoms with van der Waals surface area (Å²) in [6.45, 7) is 8.04. The molecule has 0 radical (unpaired) electrons. The molecule has 0 rings (SSSR count). The van der Waals surface area contributed by atoms with Crippen molar-refractivity contribution >= 4 is 11.8 Å². The zero-order chi connectivity index (χ0) is 9.94. The zero-order valence-electron chi connectivity index (χ0n) is 7.68. The topological polar surface area (TPSA) is 54.4 Å². The van der Waals surface area contributed by atoms with E-state index in [1.807, 2.05) is 0 Å². The third-order valence-corrected chi connectivity index (χ3v) is 1.73. The van der Waals surface area contributed by atoms with Crippen molar-refractivity contribution < 1.29 is 14.7 Å². The summed E-state index contributed by atoms with van der Waals surface area (Å²) in [5.41, 5.74) is -0.537. The van der Waals surface area contributed by atoms with Crippen LogP contribution in [0.5, 0.6) is 0 Å². The van der Waals surface area contributed by atoms with Gasteiger partial charge in [-0.1, -0.05) is 6.58 Å². The monoisotopic (exact) mass is 170 g/mol. The van der Waals surface area contributed by atoms with Crippen molar-refractivity contribution in [2.75, 3.05) is 0 Å². The van der Waals surface area contributed by atoms with Crippen LogP contribution in [0, 0.1) is 5.41 Å². The Bertz CT molecular complexity index is 226. The SMILES string of the molecule is C=C(CC(C)(C)C(=O)O)C(C)=O. The maximum Gasteiger partial charge on any atom is 0.309 e. The normalized spacial score (nSPS) is 10.9. The number of carboxylic acid groups (broad SMARTS) is 1. The van der Waals surface area contributed by atoms with Crippen molar-refractivity contribution in [3.8, 4) is 0 Å². The van der Waals surface area contributed by atoms with Gasteiger partial charge in [0.05, 0.1) is 5.41 Å². The van der Waals surface area contributed by atoms with Crippen LogP contribution in [0.2, 0.25) is 0 Å². The van der Waals surface area contributed by atoms with Crippen molar-refractivity contribution in [2.24, 2.45) is 5.41 Å². The number of hydrogen-bond acceptors (Lipinski definition) is 2. The lowest BCUT2D eigenvalue weighted by atomic mass is 9.85. The Labute approximate surface area is 72.1 Å². The highest BCUT2D eigenvalue weighted by atomic mass is 16.4. The maximum atomic E-state index is 10.8. The van der Waals surface area contributed by atoms with E-state index in [1.165, 1.54) is 6.92 Å². The van der Waals surface area contributed by atoms with Crippen molar-refractivity contribution in [3.05, 3.63) is 12.2 Å². The van der Waals surface area contributed by atoms with E-state index in [0.29, 0.717) is 5.57 Å². The molecule has 0 atom stereocenters. The number of rotatable bonds is 4. The van der Waals surface area contributed by atoms with Crippen LogP contribution >= 0.6 is 0 Å². The van der Waals surface area contributed by atoms with Gasteiger partial charge >= 0.3 is 5.97 Å². The van der Waals surface area contributed by atoms with Crippen LogP contribution in [0.1, 0.15) is 27.2 Å². The van der Waals surface area contributed by atoms with E-state index in [-0.39, 0.29) is 12.2 Å². The number of Topliss-reactive ketones (excluding diaryl/α,β-unsaturated/α-hetero) is 1. The zero-order valence-corrected chi connectivity index (χ0v) is 7.68. The van der Waals surface area contributed by atoms with Crippen molar-refractivity contribution in [1.82, 2.24) is 0 Å². The molecule has 68 valence electrons. The van der Waals surface area contributed by atoms with Gasteiger partial charge in [-0.2, -0.15) is 0 Å². The fraction of sp³-hybridized carbons (Fsp3) is 0.556. The average molecular weight is 170 g/mol. The van der Waals surface area contributed by atoms with Crippen molar-refractivity contribution in [3.63, 3.8) is 0 Å². The minimum atomic E-state index is -0.912. The van der Waals surface area contributed by atoms with E-state index < -0.39 is 11.4 Å². The molecule has 0 heterocycles. The van der Waals surface area contributed by atoms with Crippen LogP contribution in [0.4, 0.5) is 0 Å². The lowest BCUT2D eigenvalue weighted by molar-refractivity contribution is -0.146. The van der Waals surface area contributed by atoms with Gasteiger partial charge in [0.2, 0.25) is 0 Å². The molecule has 3 nitrogen and oxygen atoms in total. The second-order valence-electron chi connectivity index (χ2n) is 3.53. The van der Waals surface area contributed by atoms with Gasteiger partial charge < -0.3 is 5.11 Å². The Hall–Kier alpha value is -1.12. The van der Waals surface area contributed by atoms with Gasteiger partial charge in [0.1, 0.15) is 0 Å². The molecule has 0 amide bonds. The summed E-state index contributed by atoms with van der Waals surface area (Å²) in [7, 11) is 0. The molecule has 0 aliphatic carbocycles. The first kappa shape index (κ1) is 10.9. The highest BCUT2D eigenvalue weighted by Crippen LogP contribution is 2.24. The molecule has 0 unspecified atom stereocenters. The molecule has 0 saturated carbocycles.